The van der Waals surface area contributed by atoms with Gasteiger partial charge in [0.05, 0.1) is 12.6 Å². The average Bonchev–Trinajstić information content (AvgIpc) is 3.24. The number of carbonyl (C=O) groups excluding carboxylic acids is 2. The number of amides is 2. The molecule has 1 aliphatic carbocycles. The molecule has 0 radical (unpaired) electrons. The number of likely N-dealkylation sites (tertiary alicyclic amines) is 2. The van der Waals surface area contributed by atoms with E-state index in [0.717, 1.165) is 55.5 Å². The van der Waals surface area contributed by atoms with E-state index in [1.165, 1.54) is 4.90 Å². The van der Waals surface area contributed by atoms with Crippen molar-refractivity contribution in [2.75, 3.05) is 26.2 Å². The van der Waals surface area contributed by atoms with Crippen LogP contribution in [0.4, 0.5) is 4.39 Å². The van der Waals surface area contributed by atoms with Gasteiger partial charge in [0.15, 0.2) is 5.69 Å². The second kappa shape index (κ2) is 10.8. The number of piperidine rings is 2. The Balaban J connectivity index is 1.23. The number of ether oxygens (including phenoxy) is 1. The van der Waals surface area contributed by atoms with Crippen molar-refractivity contribution in [3.63, 3.8) is 0 Å². The fourth-order valence-electron chi connectivity index (χ4n) is 5.38. The first-order valence-corrected chi connectivity index (χ1v) is 13.2. The van der Waals surface area contributed by atoms with Crippen molar-refractivity contribution in [3.05, 3.63) is 46.2 Å². The van der Waals surface area contributed by atoms with E-state index in [9.17, 15) is 19.1 Å². The van der Waals surface area contributed by atoms with Crippen LogP contribution in [0.3, 0.4) is 0 Å². The highest BCUT2D eigenvalue weighted by atomic mass is 35.5. The highest BCUT2D eigenvalue weighted by Crippen LogP contribution is 2.27. The number of aliphatic hydroxyl groups is 1. The molecule has 0 bridgehead atoms. The van der Waals surface area contributed by atoms with Crippen molar-refractivity contribution in [2.24, 2.45) is 0 Å². The molecule has 36 heavy (non-hydrogen) atoms. The highest BCUT2D eigenvalue weighted by Gasteiger charge is 2.34. The predicted molar refractivity (Wildman–Crippen MR) is 132 cm³/mol. The lowest BCUT2D eigenvalue weighted by atomic mass is 9.95. The van der Waals surface area contributed by atoms with Crippen LogP contribution < -0.4 is 4.74 Å². The molecule has 3 aliphatic rings. The summed E-state index contributed by atoms with van der Waals surface area (Å²) >= 11 is 6.04. The Hall–Kier alpha value is -2.65. The van der Waals surface area contributed by atoms with Gasteiger partial charge >= 0.3 is 0 Å². The van der Waals surface area contributed by atoms with Crippen LogP contribution >= 0.6 is 11.6 Å². The first kappa shape index (κ1) is 25.0. The molecule has 3 heterocycles. The van der Waals surface area contributed by atoms with Crippen LogP contribution in [0.25, 0.3) is 0 Å². The molecule has 10 heteroatoms. The Bertz CT molecular complexity index is 1120. The molecule has 8 nitrogen and oxygen atoms in total. The molecule has 2 aliphatic heterocycles. The number of fused-ring (bicyclic) bond motifs is 1. The van der Waals surface area contributed by atoms with Gasteiger partial charge in [0.1, 0.15) is 24.6 Å². The summed E-state index contributed by atoms with van der Waals surface area (Å²) in [7, 11) is 0. The summed E-state index contributed by atoms with van der Waals surface area (Å²) in [5.74, 6) is 0.388. The first-order valence-electron chi connectivity index (χ1n) is 12.8. The maximum atomic E-state index is 14.1. The highest BCUT2D eigenvalue weighted by molar-refractivity contribution is 6.30. The van der Waals surface area contributed by atoms with E-state index in [-0.39, 0.29) is 37.4 Å². The van der Waals surface area contributed by atoms with Gasteiger partial charge in [-0.2, -0.15) is 5.10 Å². The zero-order valence-electron chi connectivity index (χ0n) is 20.2. The van der Waals surface area contributed by atoms with Gasteiger partial charge < -0.3 is 19.6 Å². The molecule has 0 unspecified atom stereocenters. The molecule has 1 aromatic heterocycles. The lowest BCUT2D eigenvalue weighted by Crippen LogP contribution is -2.47. The van der Waals surface area contributed by atoms with Gasteiger partial charge in [-0.25, -0.2) is 4.39 Å². The van der Waals surface area contributed by atoms with Gasteiger partial charge in [0.2, 0.25) is 5.91 Å². The molecule has 2 amide bonds. The number of halogens is 2. The summed E-state index contributed by atoms with van der Waals surface area (Å²) in [6.07, 6.45) is 2.64. The van der Waals surface area contributed by atoms with Crippen LogP contribution in [0.15, 0.2) is 24.3 Å². The van der Waals surface area contributed by atoms with E-state index >= 15 is 0 Å². The van der Waals surface area contributed by atoms with Gasteiger partial charge in [-0.3, -0.25) is 14.3 Å². The molecular formula is C26H32ClFN4O4. The van der Waals surface area contributed by atoms with Crippen molar-refractivity contribution in [2.45, 2.75) is 69.9 Å². The van der Waals surface area contributed by atoms with Crippen LogP contribution in [0.1, 0.15) is 53.8 Å². The fraction of sp³-hybridized carbons (Fsp3) is 0.577. The lowest BCUT2D eigenvalue weighted by Gasteiger charge is -2.32. The van der Waals surface area contributed by atoms with E-state index in [0.29, 0.717) is 30.4 Å². The normalized spacial score (nSPS) is 22.9. The molecule has 0 spiro atoms. The van der Waals surface area contributed by atoms with Gasteiger partial charge in [-0.05, 0) is 50.3 Å². The third kappa shape index (κ3) is 5.37. The zero-order chi connectivity index (χ0) is 25.2. The topological polar surface area (TPSA) is 87.9 Å². The Morgan fingerprint density at radius 3 is 2.61 bits per heavy atom. The quantitative estimate of drug-likeness (QED) is 0.657. The smallest absolute Gasteiger partial charge is 0.274 e. The Kier molecular flexibility index (Phi) is 7.48. The minimum Gasteiger partial charge on any atom is -0.490 e. The third-order valence-electron chi connectivity index (χ3n) is 7.43. The molecule has 2 fully saturated rings. The zero-order valence-corrected chi connectivity index (χ0v) is 21.0. The summed E-state index contributed by atoms with van der Waals surface area (Å²) in [5.41, 5.74) is 2.15. The van der Waals surface area contributed by atoms with Crippen LogP contribution in [0.2, 0.25) is 5.02 Å². The predicted octanol–water partition coefficient (Wildman–Crippen LogP) is 3.03. The van der Waals surface area contributed by atoms with Crippen molar-refractivity contribution >= 4 is 23.4 Å². The van der Waals surface area contributed by atoms with Gasteiger partial charge in [-0.15, -0.1) is 0 Å². The number of aliphatic hydroxyl groups excluding tert-OH is 1. The van der Waals surface area contributed by atoms with Gasteiger partial charge in [-0.1, -0.05) is 17.7 Å². The summed E-state index contributed by atoms with van der Waals surface area (Å²) < 4.78 is 21.8. The second-order valence-corrected chi connectivity index (χ2v) is 10.4. The summed E-state index contributed by atoms with van der Waals surface area (Å²) in [4.78, 5) is 29.6. The van der Waals surface area contributed by atoms with E-state index < -0.39 is 12.3 Å². The number of alkyl halides is 1. The van der Waals surface area contributed by atoms with Crippen LogP contribution in [-0.2, 0) is 24.2 Å². The Morgan fingerprint density at radius 2 is 1.86 bits per heavy atom. The third-order valence-corrected chi connectivity index (χ3v) is 7.67. The number of benzene rings is 1. The van der Waals surface area contributed by atoms with Crippen molar-refractivity contribution in [1.82, 2.24) is 19.6 Å². The number of hydrogen-bond donors (Lipinski definition) is 1. The second-order valence-electron chi connectivity index (χ2n) is 9.92. The van der Waals surface area contributed by atoms with Crippen LogP contribution in [0.5, 0.6) is 5.75 Å². The molecule has 2 atom stereocenters. The molecule has 2 aromatic rings. The van der Waals surface area contributed by atoms with Crippen molar-refractivity contribution < 1.29 is 23.8 Å². The molecule has 5 rings (SSSR count). The number of carbonyl (C=O) groups is 2. The van der Waals surface area contributed by atoms with Crippen LogP contribution in [0, 0.1) is 0 Å². The molecule has 194 valence electrons. The summed E-state index contributed by atoms with van der Waals surface area (Å²) in [5, 5.41) is 14.9. The number of nitrogens with zero attached hydrogens (tertiary/aromatic N) is 4. The first-order chi connectivity index (χ1) is 17.4. The molecule has 1 N–H and O–H groups in total. The summed E-state index contributed by atoms with van der Waals surface area (Å²) in [6.45, 7) is 1.43. The Labute approximate surface area is 215 Å². The lowest BCUT2D eigenvalue weighted by molar-refractivity contribution is -0.133. The number of rotatable bonds is 5. The maximum Gasteiger partial charge on any atom is 0.274 e. The number of aromatic nitrogens is 2. The minimum atomic E-state index is -1.45. The SMILES string of the molecule is O=C(Cn1nc(C(=O)N2CC[C@H](O)[C@@H](F)C2)c2c1CCCC2)N1CCC(Oc2cccc(Cl)c2)CC1. The summed E-state index contributed by atoms with van der Waals surface area (Å²) in [6, 6.07) is 7.32. The molecule has 2 saturated heterocycles. The molecule has 1 aromatic carbocycles. The van der Waals surface area contributed by atoms with Gasteiger partial charge in [0, 0.05) is 48.8 Å². The van der Waals surface area contributed by atoms with E-state index in [2.05, 4.69) is 5.10 Å². The van der Waals surface area contributed by atoms with E-state index in [4.69, 9.17) is 16.3 Å². The van der Waals surface area contributed by atoms with E-state index in [1.54, 1.807) is 16.8 Å². The van der Waals surface area contributed by atoms with Gasteiger partial charge in [0.25, 0.3) is 5.91 Å². The Morgan fingerprint density at radius 1 is 1.11 bits per heavy atom. The average molecular weight is 519 g/mol. The minimum absolute atomic E-state index is 0.0246. The largest absolute Gasteiger partial charge is 0.490 e. The molecular weight excluding hydrogens is 487 g/mol. The standard InChI is InChI=1S/C26H32ClFN4O4/c27-17-4-3-5-19(14-17)36-18-8-11-30(12-9-18)24(34)16-32-22-7-2-1-6-20(22)25(29-32)26(35)31-13-10-23(33)21(28)15-31/h3-5,14,18,21,23,33H,1-2,6-13,15-16H2/t21-,23-/m0/s1. The van der Waals surface area contributed by atoms with Crippen molar-refractivity contribution in [3.8, 4) is 5.75 Å². The monoisotopic (exact) mass is 518 g/mol. The van der Waals surface area contributed by atoms with Crippen molar-refractivity contribution in [1.29, 1.82) is 0 Å². The van der Waals surface area contributed by atoms with E-state index in [1.807, 2.05) is 17.0 Å². The fourth-order valence-corrected chi connectivity index (χ4v) is 5.56. The molecule has 0 saturated carbocycles. The van der Waals surface area contributed by atoms with Crippen LogP contribution in [-0.4, -0.2) is 81.1 Å². The maximum absolute atomic E-state index is 14.1. The number of hydrogen-bond acceptors (Lipinski definition) is 5.